The number of nitrogens with one attached hydrogen (secondary N) is 2. The molecule has 3 fully saturated rings. The number of hydrogen-bond donors (Lipinski definition) is 2. The summed E-state index contributed by atoms with van der Waals surface area (Å²) in [6.45, 7) is 5.20. The first-order valence-corrected chi connectivity index (χ1v) is 11.0. The quantitative estimate of drug-likeness (QED) is 0.767. The Labute approximate surface area is 177 Å². The van der Waals surface area contributed by atoms with Gasteiger partial charge in [-0.3, -0.25) is 4.79 Å². The van der Waals surface area contributed by atoms with Crippen LogP contribution in [0.15, 0.2) is 30.3 Å². The molecule has 162 valence electrons. The molecule has 2 unspecified atom stereocenters. The van der Waals surface area contributed by atoms with Crippen LogP contribution in [0.2, 0.25) is 0 Å². The number of likely N-dealkylation sites (tertiary alicyclic amines) is 2. The second kappa shape index (κ2) is 9.36. The van der Waals surface area contributed by atoms with Crippen LogP contribution in [-0.2, 0) is 11.3 Å². The van der Waals surface area contributed by atoms with E-state index in [2.05, 4.69) is 10.6 Å². The molecule has 0 aliphatic carbocycles. The Morgan fingerprint density at radius 1 is 1.00 bits per heavy atom. The second-order valence-electron chi connectivity index (χ2n) is 8.49. The van der Waals surface area contributed by atoms with E-state index < -0.39 is 0 Å². The highest BCUT2D eigenvalue weighted by Gasteiger charge is 2.36. The van der Waals surface area contributed by atoms with E-state index in [0.29, 0.717) is 70.6 Å². The monoisotopic (exact) mass is 413 g/mol. The number of carbonyl (C=O) groups is 3. The number of benzene rings is 1. The summed E-state index contributed by atoms with van der Waals surface area (Å²) in [5, 5.41) is 5.82. The number of hydrogen-bond acceptors (Lipinski definition) is 3. The summed E-state index contributed by atoms with van der Waals surface area (Å²) in [7, 11) is 0. The molecular weight excluding hydrogens is 382 g/mol. The highest BCUT2D eigenvalue weighted by atomic mass is 16.2. The lowest BCUT2D eigenvalue weighted by Crippen LogP contribution is -2.48. The third kappa shape index (κ3) is 4.86. The van der Waals surface area contributed by atoms with E-state index in [0.717, 1.165) is 18.4 Å². The van der Waals surface area contributed by atoms with E-state index in [4.69, 9.17) is 0 Å². The zero-order valence-corrected chi connectivity index (χ0v) is 17.4. The highest BCUT2D eigenvalue weighted by molar-refractivity contribution is 5.78. The molecule has 3 saturated heterocycles. The maximum atomic E-state index is 12.7. The van der Waals surface area contributed by atoms with Gasteiger partial charge in [-0.05, 0) is 30.2 Å². The average Bonchev–Trinajstić information content (AvgIpc) is 3.10. The van der Waals surface area contributed by atoms with Crippen molar-refractivity contribution >= 4 is 18.0 Å². The van der Waals surface area contributed by atoms with Crippen molar-refractivity contribution in [2.24, 2.45) is 11.8 Å². The van der Waals surface area contributed by atoms with Gasteiger partial charge in [0.2, 0.25) is 5.91 Å². The van der Waals surface area contributed by atoms with Gasteiger partial charge in [-0.25, -0.2) is 9.59 Å². The van der Waals surface area contributed by atoms with Crippen LogP contribution in [0.25, 0.3) is 0 Å². The Hall–Kier alpha value is -2.77. The smallest absolute Gasteiger partial charge is 0.317 e. The van der Waals surface area contributed by atoms with E-state index in [-0.39, 0.29) is 18.0 Å². The van der Waals surface area contributed by atoms with E-state index in [1.165, 1.54) is 0 Å². The zero-order valence-electron chi connectivity index (χ0n) is 17.4. The summed E-state index contributed by atoms with van der Waals surface area (Å²) >= 11 is 0. The van der Waals surface area contributed by atoms with Crippen LogP contribution in [-0.4, -0.2) is 78.5 Å². The molecule has 2 atom stereocenters. The highest BCUT2D eigenvalue weighted by Crippen LogP contribution is 2.32. The predicted octanol–water partition coefficient (Wildman–Crippen LogP) is 1.48. The third-order valence-corrected chi connectivity index (χ3v) is 6.61. The first kappa shape index (κ1) is 20.5. The molecule has 3 aliphatic rings. The number of amides is 5. The van der Waals surface area contributed by atoms with Crippen LogP contribution < -0.4 is 10.6 Å². The number of urea groups is 2. The normalized spacial score (nSPS) is 24.3. The minimum atomic E-state index is -0.0388. The Morgan fingerprint density at radius 2 is 1.77 bits per heavy atom. The fraction of sp³-hybridized carbons (Fsp3) is 0.591. The van der Waals surface area contributed by atoms with Gasteiger partial charge in [0, 0.05) is 58.8 Å². The first-order chi connectivity index (χ1) is 14.6. The van der Waals surface area contributed by atoms with E-state index in [1.54, 1.807) is 4.90 Å². The fourth-order valence-electron chi connectivity index (χ4n) is 4.75. The molecule has 8 heteroatoms. The molecule has 8 nitrogen and oxygen atoms in total. The largest absolute Gasteiger partial charge is 0.341 e. The van der Waals surface area contributed by atoms with Gasteiger partial charge < -0.3 is 25.3 Å². The van der Waals surface area contributed by atoms with Crippen LogP contribution in [0.4, 0.5) is 9.59 Å². The van der Waals surface area contributed by atoms with E-state index in [1.807, 2.05) is 40.1 Å². The van der Waals surface area contributed by atoms with Gasteiger partial charge in [-0.2, -0.15) is 0 Å². The molecule has 3 heterocycles. The van der Waals surface area contributed by atoms with Gasteiger partial charge in [-0.1, -0.05) is 30.3 Å². The van der Waals surface area contributed by atoms with Gasteiger partial charge >= 0.3 is 12.1 Å². The number of rotatable bonds is 5. The molecule has 1 aromatic rings. The summed E-state index contributed by atoms with van der Waals surface area (Å²) in [5.41, 5.74) is 1.09. The molecule has 4 rings (SSSR count). The SMILES string of the molecule is O=C1CC2CCN(C(=O)NCc3ccccc3)CC2CCN1CCN1CCNC1=O. The van der Waals surface area contributed by atoms with E-state index >= 15 is 0 Å². The first-order valence-electron chi connectivity index (χ1n) is 11.0. The maximum Gasteiger partial charge on any atom is 0.317 e. The van der Waals surface area contributed by atoms with Crippen molar-refractivity contribution in [3.63, 3.8) is 0 Å². The Bertz CT molecular complexity index is 771. The lowest BCUT2D eigenvalue weighted by molar-refractivity contribution is -0.131. The van der Waals surface area contributed by atoms with Gasteiger partial charge in [0.05, 0.1) is 0 Å². The lowest BCUT2D eigenvalue weighted by atomic mass is 9.82. The molecule has 1 aromatic carbocycles. The third-order valence-electron chi connectivity index (χ3n) is 6.61. The van der Waals surface area contributed by atoms with Crippen molar-refractivity contribution < 1.29 is 14.4 Å². The molecule has 5 amide bonds. The number of piperidine rings is 1. The summed E-state index contributed by atoms with van der Waals surface area (Å²) in [6.07, 6.45) is 2.33. The Morgan fingerprint density at radius 3 is 2.53 bits per heavy atom. The summed E-state index contributed by atoms with van der Waals surface area (Å²) in [5.74, 6) is 0.880. The number of carbonyl (C=O) groups excluding carboxylic acids is 3. The van der Waals surface area contributed by atoms with Crippen molar-refractivity contribution in [2.45, 2.75) is 25.8 Å². The molecule has 3 aliphatic heterocycles. The van der Waals surface area contributed by atoms with Gasteiger partial charge in [0.25, 0.3) is 0 Å². The van der Waals surface area contributed by atoms with Crippen molar-refractivity contribution in [3.05, 3.63) is 35.9 Å². The minimum absolute atomic E-state index is 0.0234. The average molecular weight is 414 g/mol. The Balaban J connectivity index is 1.27. The van der Waals surface area contributed by atoms with Gasteiger partial charge in [0.1, 0.15) is 0 Å². The van der Waals surface area contributed by atoms with Crippen LogP contribution in [0, 0.1) is 11.8 Å². The molecule has 30 heavy (non-hydrogen) atoms. The fourth-order valence-corrected chi connectivity index (χ4v) is 4.75. The summed E-state index contributed by atoms with van der Waals surface area (Å²) in [4.78, 5) is 42.7. The van der Waals surface area contributed by atoms with Crippen LogP contribution >= 0.6 is 0 Å². The zero-order chi connectivity index (χ0) is 20.9. The molecule has 0 bridgehead atoms. The molecule has 2 N–H and O–H groups in total. The standard InChI is InChI=1S/C22H31N5O3/c28-20-14-18-6-10-27(22(30)24-15-17-4-2-1-3-5-17)16-19(18)7-9-25(20)12-13-26-11-8-23-21(26)29/h1-5,18-19H,6-16H2,(H,23,29)(H,24,30). The van der Waals surface area contributed by atoms with Crippen LogP contribution in [0.1, 0.15) is 24.8 Å². The lowest BCUT2D eigenvalue weighted by Gasteiger charge is -2.37. The van der Waals surface area contributed by atoms with Crippen molar-refractivity contribution in [3.8, 4) is 0 Å². The summed E-state index contributed by atoms with van der Waals surface area (Å²) < 4.78 is 0. The number of nitrogens with zero attached hydrogens (tertiary/aromatic N) is 3. The topological polar surface area (TPSA) is 85.0 Å². The van der Waals surface area contributed by atoms with Crippen LogP contribution in [0.5, 0.6) is 0 Å². The second-order valence-corrected chi connectivity index (χ2v) is 8.49. The minimum Gasteiger partial charge on any atom is -0.341 e. The van der Waals surface area contributed by atoms with Crippen molar-refractivity contribution in [1.29, 1.82) is 0 Å². The van der Waals surface area contributed by atoms with E-state index in [9.17, 15) is 14.4 Å². The maximum absolute atomic E-state index is 12.7. The van der Waals surface area contributed by atoms with Crippen molar-refractivity contribution in [1.82, 2.24) is 25.3 Å². The summed E-state index contributed by atoms with van der Waals surface area (Å²) in [6, 6.07) is 9.85. The van der Waals surface area contributed by atoms with Crippen molar-refractivity contribution in [2.75, 3.05) is 45.8 Å². The molecular formula is C22H31N5O3. The molecule has 0 aromatic heterocycles. The van der Waals surface area contributed by atoms with Crippen LogP contribution in [0.3, 0.4) is 0 Å². The van der Waals surface area contributed by atoms with Gasteiger partial charge in [0.15, 0.2) is 0 Å². The molecule has 0 radical (unpaired) electrons. The molecule has 0 spiro atoms. The van der Waals surface area contributed by atoms with Gasteiger partial charge in [-0.15, -0.1) is 0 Å². The number of fused-ring (bicyclic) bond motifs is 1. The molecule has 0 saturated carbocycles. The predicted molar refractivity (Wildman–Crippen MR) is 113 cm³/mol. The Kier molecular flexibility index (Phi) is 6.40.